The summed E-state index contributed by atoms with van der Waals surface area (Å²) in [4.78, 5) is 11.6. The van der Waals surface area contributed by atoms with Crippen LogP contribution in [0.4, 0.5) is 17.6 Å². The number of pyridine rings is 1. The number of benzene rings is 1. The maximum atomic E-state index is 14.4. The molecule has 0 unspecified atom stereocenters. The molecule has 3 aromatic heterocycles. The molecule has 7 nitrogen and oxygen atoms in total. The fourth-order valence-electron chi connectivity index (χ4n) is 4.61. The van der Waals surface area contributed by atoms with Crippen LogP contribution in [0.15, 0.2) is 41.9 Å². The third-order valence-corrected chi connectivity index (χ3v) is 9.22. The van der Waals surface area contributed by atoms with Crippen molar-refractivity contribution in [2.75, 3.05) is 31.1 Å². The van der Waals surface area contributed by atoms with Crippen LogP contribution in [-0.2, 0) is 22.7 Å². The molecule has 1 aromatic carbocycles. The topological polar surface area (TPSA) is 77.3 Å². The lowest BCUT2D eigenvalue weighted by atomic mass is 10.1. The van der Waals surface area contributed by atoms with Crippen LogP contribution in [0.3, 0.4) is 0 Å². The Morgan fingerprint density at radius 2 is 1.87 bits per heavy atom. The van der Waals surface area contributed by atoms with Gasteiger partial charge in [0.2, 0.25) is 0 Å². The minimum Gasteiger partial charge on any atom is -0.403 e. The first kappa shape index (κ1) is 27.5. The van der Waals surface area contributed by atoms with E-state index in [2.05, 4.69) is 14.6 Å². The fraction of sp³-hybridized carbons (Fsp3) is 0.385. The zero-order chi connectivity index (χ0) is 27.8. The van der Waals surface area contributed by atoms with Crippen molar-refractivity contribution in [1.82, 2.24) is 19.4 Å². The fourth-order valence-corrected chi connectivity index (χ4v) is 6.61. The van der Waals surface area contributed by atoms with Gasteiger partial charge in [-0.25, -0.2) is 22.8 Å². The zero-order valence-electron chi connectivity index (χ0n) is 21.0. The highest BCUT2D eigenvalue weighted by molar-refractivity contribution is 7.91. The minimum atomic E-state index is -4.99. The number of alkyl halides is 3. The molecule has 0 radical (unpaired) electrons. The minimum absolute atomic E-state index is 0.187. The molecule has 0 bridgehead atoms. The van der Waals surface area contributed by atoms with Gasteiger partial charge < -0.3 is 9.64 Å². The van der Waals surface area contributed by atoms with Crippen molar-refractivity contribution in [2.45, 2.75) is 32.5 Å². The average Bonchev–Trinajstić information content (AvgIpc) is 3.50. The van der Waals surface area contributed by atoms with Crippen LogP contribution in [0.25, 0.3) is 28.1 Å². The number of thiazole rings is 1. The molecule has 0 spiro atoms. The first-order chi connectivity index (χ1) is 18.5. The van der Waals surface area contributed by atoms with Gasteiger partial charge in [0.05, 0.1) is 22.2 Å². The van der Waals surface area contributed by atoms with Gasteiger partial charge in [-0.3, -0.25) is 4.57 Å². The lowest BCUT2D eigenvalue weighted by molar-refractivity contribution is -0.275. The molecule has 1 fully saturated rings. The molecule has 1 aliphatic rings. The molecule has 5 rings (SSSR count). The number of aromatic nitrogens is 3. The highest BCUT2D eigenvalue weighted by Gasteiger charge is 2.32. The van der Waals surface area contributed by atoms with Crippen molar-refractivity contribution in [3.63, 3.8) is 0 Å². The van der Waals surface area contributed by atoms with Crippen LogP contribution in [0.2, 0.25) is 0 Å². The van der Waals surface area contributed by atoms with Gasteiger partial charge in [-0.1, -0.05) is 6.92 Å². The molecule has 1 saturated heterocycles. The predicted octanol–water partition coefficient (Wildman–Crippen LogP) is 5.41. The van der Waals surface area contributed by atoms with Gasteiger partial charge in [-0.15, -0.1) is 24.5 Å². The highest BCUT2D eigenvalue weighted by Crippen LogP contribution is 2.32. The number of halogens is 4. The monoisotopic (exact) mass is 582 g/mol. The lowest BCUT2D eigenvalue weighted by Crippen LogP contribution is -2.40. The van der Waals surface area contributed by atoms with Crippen molar-refractivity contribution in [1.29, 1.82) is 0 Å². The summed E-state index contributed by atoms with van der Waals surface area (Å²) < 4.78 is 81.1. The molecule has 13 heteroatoms. The first-order valence-corrected chi connectivity index (χ1v) is 15.2. The molecule has 1 aliphatic heterocycles. The molecule has 4 heterocycles. The molecular formula is C26H26F4N4O3S2. The van der Waals surface area contributed by atoms with Crippen LogP contribution in [0, 0.1) is 5.82 Å². The third-order valence-electron chi connectivity index (χ3n) is 6.63. The van der Waals surface area contributed by atoms with Gasteiger partial charge in [-0.2, -0.15) is 0 Å². The normalized spacial score (nSPS) is 16.1. The van der Waals surface area contributed by atoms with Crippen LogP contribution in [0.5, 0.6) is 5.75 Å². The van der Waals surface area contributed by atoms with Crippen molar-refractivity contribution in [3.8, 4) is 22.8 Å². The van der Waals surface area contributed by atoms with E-state index in [0.717, 1.165) is 53.9 Å². The molecular weight excluding hydrogens is 556 g/mol. The number of fused-ring (bicyclic) bond motifs is 1. The Labute approximate surface area is 227 Å². The van der Waals surface area contributed by atoms with E-state index in [0.29, 0.717) is 35.8 Å². The van der Waals surface area contributed by atoms with Gasteiger partial charge >= 0.3 is 6.36 Å². The van der Waals surface area contributed by atoms with Gasteiger partial charge in [0, 0.05) is 35.6 Å². The summed E-state index contributed by atoms with van der Waals surface area (Å²) in [6.45, 7) is 3.87. The number of rotatable bonds is 8. The summed E-state index contributed by atoms with van der Waals surface area (Å²) in [5.74, 6) is -0.961. The van der Waals surface area contributed by atoms with Crippen molar-refractivity contribution < 1.29 is 30.7 Å². The number of nitrogens with zero attached hydrogens (tertiary/aromatic N) is 4. The maximum absolute atomic E-state index is 14.4. The second kappa shape index (κ2) is 10.9. The smallest absolute Gasteiger partial charge is 0.403 e. The number of hydrogen-bond acceptors (Lipinski definition) is 7. The third kappa shape index (κ3) is 6.42. The van der Waals surface area contributed by atoms with E-state index in [1.165, 1.54) is 17.4 Å². The van der Waals surface area contributed by atoms with Gasteiger partial charge in [0.25, 0.3) is 0 Å². The number of aryl methyl sites for hydroxylation is 2. The molecule has 0 amide bonds. The van der Waals surface area contributed by atoms with E-state index in [9.17, 15) is 26.0 Å². The van der Waals surface area contributed by atoms with Crippen LogP contribution < -0.4 is 4.74 Å². The average molecular weight is 583 g/mol. The Hall–Kier alpha value is -3.03. The van der Waals surface area contributed by atoms with Crippen LogP contribution >= 0.6 is 11.3 Å². The largest absolute Gasteiger partial charge is 0.573 e. The summed E-state index contributed by atoms with van der Waals surface area (Å²) in [5, 5.41) is 3.79. The van der Waals surface area contributed by atoms with E-state index in [1.807, 2.05) is 29.1 Å². The van der Waals surface area contributed by atoms with E-state index in [4.69, 9.17) is 4.98 Å². The Balaban J connectivity index is 1.44. The van der Waals surface area contributed by atoms with Crippen LogP contribution in [0.1, 0.15) is 23.9 Å². The summed E-state index contributed by atoms with van der Waals surface area (Å²) >= 11 is 1.54. The van der Waals surface area contributed by atoms with E-state index in [-0.39, 0.29) is 11.5 Å². The Morgan fingerprint density at radius 1 is 1.10 bits per heavy atom. The summed E-state index contributed by atoms with van der Waals surface area (Å²) in [7, 11) is -2.93. The Bertz CT molecular complexity index is 1580. The SMILES string of the molecule is CCc1nc(-n2cc(CCCN3CCS(=O)(=O)CC3)c3ccc(-c4ccc(OC(F)(F)F)c(F)c4)nc32)cs1. The lowest BCUT2D eigenvalue weighted by Gasteiger charge is -2.26. The first-order valence-electron chi connectivity index (χ1n) is 12.5. The highest BCUT2D eigenvalue weighted by atomic mass is 32.2. The molecule has 0 N–H and O–H groups in total. The predicted molar refractivity (Wildman–Crippen MR) is 142 cm³/mol. The Morgan fingerprint density at radius 3 is 2.54 bits per heavy atom. The Kier molecular flexibility index (Phi) is 7.66. The molecule has 208 valence electrons. The second-order valence-electron chi connectivity index (χ2n) is 9.34. The van der Waals surface area contributed by atoms with Gasteiger partial charge in [0.1, 0.15) is 11.5 Å². The van der Waals surface area contributed by atoms with E-state index in [1.54, 1.807) is 6.07 Å². The van der Waals surface area contributed by atoms with E-state index >= 15 is 0 Å². The van der Waals surface area contributed by atoms with Crippen molar-refractivity contribution in [3.05, 3.63) is 58.3 Å². The summed E-state index contributed by atoms with van der Waals surface area (Å²) in [5.41, 5.74) is 2.35. The number of ether oxygens (including phenoxy) is 1. The van der Waals surface area contributed by atoms with Gasteiger partial charge in [0.15, 0.2) is 21.4 Å². The maximum Gasteiger partial charge on any atom is 0.573 e. The van der Waals surface area contributed by atoms with Crippen molar-refractivity contribution >= 4 is 32.2 Å². The molecule has 0 atom stereocenters. The zero-order valence-corrected chi connectivity index (χ0v) is 22.7. The molecule has 0 saturated carbocycles. The quantitative estimate of drug-likeness (QED) is 0.259. The van der Waals surface area contributed by atoms with Crippen LogP contribution in [-0.4, -0.2) is 65.4 Å². The summed E-state index contributed by atoms with van der Waals surface area (Å²) in [6.07, 6.45) is -0.669. The number of sulfone groups is 1. The van der Waals surface area contributed by atoms with Gasteiger partial charge in [-0.05, 0) is 61.7 Å². The molecule has 4 aromatic rings. The number of hydrogen-bond donors (Lipinski definition) is 0. The molecule has 0 aliphatic carbocycles. The van der Waals surface area contributed by atoms with E-state index < -0.39 is 27.8 Å². The standard InChI is InChI=1S/C26H26F4N4O3S2/c1-2-24-32-23(16-38-24)34-15-18(4-3-9-33-10-12-39(35,36)13-11-33)19-6-7-21(31-25(19)34)17-5-8-22(20(27)14-17)37-26(28,29)30/h5-8,14-16H,2-4,9-13H2,1H3. The second-order valence-corrected chi connectivity index (χ2v) is 12.6. The van der Waals surface area contributed by atoms with Crippen molar-refractivity contribution in [2.24, 2.45) is 0 Å². The summed E-state index contributed by atoms with van der Waals surface area (Å²) in [6, 6.07) is 6.84. The molecule has 39 heavy (non-hydrogen) atoms.